The van der Waals surface area contributed by atoms with Crippen LogP contribution in [0.25, 0.3) is 0 Å². The van der Waals surface area contributed by atoms with E-state index in [4.69, 9.17) is 0 Å². The van der Waals surface area contributed by atoms with Gasteiger partial charge in [0.1, 0.15) is 6.54 Å². The van der Waals surface area contributed by atoms with Crippen molar-refractivity contribution in [3.8, 4) is 0 Å². The van der Waals surface area contributed by atoms with Crippen molar-refractivity contribution in [1.82, 2.24) is 30.9 Å². The minimum atomic E-state index is -0.160. The average Bonchev–Trinajstić information content (AvgIpc) is 2.81. The van der Waals surface area contributed by atoms with Crippen LogP contribution in [-0.4, -0.2) is 46.4 Å². The van der Waals surface area contributed by atoms with Gasteiger partial charge in [-0.3, -0.25) is 9.59 Å². The highest BCUT2D eigenvalue weighted by Gasteiger charge is 2.06. The molecule has 0 bridgehead atoms. The minimum absolute atomic E-state index is 0.112. The van der Waals surface area contributed by atoms with Crippen LogP contribution in [0.5, 0.6) is 0 Å². The molecule has 1 rings (SSSR count). The molecule has 0 saturated carbocycles. The first kappa shape index (κ1) is 17.1. The molecule has 1 aromatic rings. The molecule has 21 heavy (non-hydrogen) atoms. The molecule has 8 heteroatoms. The summed E-state index contributed by atoms with van der Waals surface area (Å²) in [5.74, 6) is 0.306. The molecule has 0 atom stereocenters. The number of amides is 2. The molecule has 1 heterocycles. The van der Waals surface area contributed by atoms with Crippen molar-refractivity contribution >= 4 is 11.8 Å². The summed E-state index contributed by atoms with van der Waals surface area (Å²) in [5.41, 5.74) is 0.807. The van der Waals surface area contributed by atoms with Crippen molar-refractivity contribution < 1.29 is 9.59 Å². The van der Waals surface area contributed by atoms with Crippen LogP contribution >= 0.6 is 0 Å². The molecular formula is C13H24N6O2. The lowest BCUT2D eigenvalue weighted by molar-refractivity contribution is -0.122. The third-order valence-electron chi connectivity index (χ3n) is 2.57. The second-order valence-corrected chi connectivity index (χ2v) is 5.27. The maximum absolute atomic E-state index is 11.6. The van der Waals surface area contributed by atoms with Crippen molar-refractivity contribution in [2.75, 3.05) is 19.6 Å². The molecule has 2 amide bonds. The third-order valence-corrected chi connectivity index (χ3v) is 2.57. The first-order valence-electron chi connectivity index (χ1n) is 7.08. The zero-order valence-corrected chi connectivity index (χ0v) is 12.8. The third kappa shape index (κ3) is 8.03. The van der Waals surface area contributed by atoms with E-state index in [1.807, 2.05) is 0 Å². The molecule has 0 fully saturated rings. The number of nitrogens with one attached hydrogen (secondary N) is 3. The van der Waals surface area contributed by atoms with Crippen LogP contribution in [0.2, 0.25) is 0 Å². The number of carbonyl (C=O) groups is 2. The number of aromatic nitrogens is 3. The molecule has 0 aliphatic rings. The Hall–Kier alpha value is -1.96. The lowest BCUT2D eigenvalue weighted by atomic mass is 10.2. The molecule has 1 aromatic heterocycles. The molecule has 3 N–H and O–H groups in total. The molecule has 0 aromatic carbocycles. The summed E-state index contributed by atoms with van der Waals surface area (Å²) in [6.45, 7) is 8.20. The van der Waals surface area contributed by atoms with E-state index >= 15 is 0 Å². The van der Waals surface area contributed by atoms with Gasteiger partial charge in [0.15, 0.2) is 0 Å². The summed E-state index contributed by atoms with van der Waals surface area (Å²) in [7, 11) is 0. The van der Waals surface area contributed by atoms with Crippen LogP contribution < -0.4 is 16.0 Å². The second kappa shape index (κ2) is 9.06. The fourth-order valence-corrected chi connectivity index (χ4v) is 1.63. The Bertz CT molecular complexity index is 457. The summed E-state index contributed by atoms with van der Waals surface area (Å²) < 4.78 is 1.50. The van der Waals surface area contributed by atoms with E-state index in [2.05, 4.69) is 40.1 Å². The van der Waals surface area contributed by atoms with Crippen LogP contribution in [-0.2, 0) is 22.7 Å². The van der Waals surface area contributed by atoms with E-state index in [1.54, 1.807) is 6.20 Å². The van der Waals surface area contributed by atoms with E-state index in [-0.39, 0.29) is 18.4 Å². The van der Waals surface area contributed by atoms with Crippen LogP contribution in [0.1, 0.15) is 26.5 Å². The van der Waals surface area contributed by atoms with Crippen molar-refractivity contribution in [3.63, 3.8) is 0 Å². The molecule has 0 radical (unpaired) electrons. The summed E-state index contributed by atoms with van der Waals surface area (Å²) in [4.78, 5) is 22.3. The van der Waals surface area contributed by atoms with Gasteiger partial charge < -0.3 is 16.0 Å². The first-order chi connectivity index (χ1) is 9.97. The van der Waals surface area contributed by atoms with Gasteiger partial charge in [-0.15, -0.1) is 5.10 Å². The summed E-state index contributed by atoms with van der Waals surface area (Å²) >= 11 is 0. The quantitative estimate of drug-likeness (QED) is 0.522. The Morgan fingerprint density at radius 1 is 1.29 bits per heavy atom. The number of nitrogens with zero attached hydrogens (tertiary/aromatic N) is 3. The van der Waals surface area contributed by atoms with Crippen molar-refractivity contribution in [3.05, 3.63) is 11.9 Å². The van der Waals surface area contributed by atoms with Gasteiger partial charge in [0, 0.05) is 26.6 Å². The molecule has 118 valence electrons. The zero-order valence-electron chi connectivity index (χ0n) is 12.8. The average molecular weight is 296 g/mol. The van der Waals surface area contributed by atoms with Gasteiger partial charge in [0.05, 0.1) is 11.9 Å². The summed E-state index contributed by atoms with van der Waals surface area (Å²) in [6.07, 6.45) is 1.75. The van der Waals surface area contributed by atoms with Gasteiger partial charge in [0.2, 0.25) is 11.8 Å². The smallest absolute Gasteiger partial charge is 0.241 e. The van der Waals surface area contributed by atoms with Crippen molar-refractivity contribution in [2.24, 2.45) is 5.92 Å². The van der Waals surface area contributed by atoms with Crippen LogP contribution in [0, 0.1) is 5.92 Å². The standard InChI is InChI=1S/C13H24N6O2/c1-10(2)6-14-7-12-8-19(18-17-12)9-13(21)16-5-4-15-11(3)20/h8,10,14H,4-7,9H2,1-3H3,(H,15,20)(H,16,21). The van der Waals surface area contributed by atoms with Gasteiger partial charge in [-0.2, -0.15) is 0 Å². The van der Waals surface area contributed by atoms with E-state index in [0.29, 0.717) is 25.6 Å². The van der Waals surface area contributed by atoms with Gasteiger partial charge >= 0.3 is 0 Å². The molecule has 0 aliphatic carbocycles. The highest BCUT2D eigenvalue weighted by molar-refractivity contribution is 5.76. The normalized spacial score (nSPS) is 10.7. The molecule has 0 saturated heterocycles. The van der Waals surface area contributed by atoms with E-state index < -0.39 is 0 Å². The van der Waals surface area contributed by atoms with Gasteiger partial charge in [-0.05, 0) is 12.5 Å². The Labute approximate surface area is 124 Å². The Morgan fingerprint density at radius 3 is 2.67 bits per heavy atom. The second-order valence-electron chi connectivity index (χ2n) is 5.27. The topological polar surface area (TPSA) is 101 Å². The van der Waals surface area contributed by atoms with E-state index in [1.165, 1.54) is 11.6 Å². The van der Waals surface area contributed by atoms with E-state index in [9.17, 15) is 9.59 Å². The molecule has 0 aliphatic heterocycles. The number of rotatable bonds is 9. The largest absolute Gasteiger partial charge is 0.355 e. The number of hydrogen-bond donors (Lipinski definition) is 3. The lowest BCUT2D eigenvalue weighted by Crippen LogP contribution is -2.35. The highest BCUT2D eigenvalue weighted by Crippen LogP contribution is 1.94. The van der Waals surface area contributed by atoms with E-state index in [0.717, 1.165) is 12.2 Å². The maximum Gasteiger partial charge on any atom is 0.241 e. The predicted octanol–water partition coefficient (Wildman–Crippen LogP) is -0.724. The van der Waals surface area contributed by atoms with Crippen molar-refractivity contribution in [1.29, 1.82) is 0 Å². The SMILES string of the molecule is CC(=O)NCCNC(=O)Cn1cc(CNCC(C)C)nn1. The molecular weight excluding hydrogens is 272 g/mol. The molecule has 0 unspecified atom stereocenters. The first-order valence-corrected chi connectivity index (χ1v) is 7.08. The summed E-state index contributed by atoms with van der Waals surface area (Å²) in [5, 5.41) is 16.5. The maximum atomic E-state index is 11.6. The minimum Gasteiger partial charge on any atom is -0.355 e. The number of carbonyl (C=O) groups excluding carboxylic acids is 2. The number of hydrogen-bond acceptors (Lipinski definition) is 5. The Kier molecular flexibility index (Phi) is 7.38. The fourth-order valence-electron chi connectivity index (χ4n) is 1.63. The van der Waals surface area contributed by atoms with Crippen LogP contribution in [0.3, 0.4) is 0 Å². The Morgan fingerprint density at radius 2 is 2.00 bits per heavy atom. The van der Waals surface area contributed by atoms with Crippen molar-refractivity contribution in [2.45, 2.75) is 33.9 Å². The van der Waals surface area contributed by atoms with Gasteiger partial charge in [-0.1, -0.05) is 19.1 Å². The van der Waals surface area contributed by atoms with Crippen LogP contribution in [0.4, 0.5) is 0 Å². The highest BCUT2D eigenvalue weighted by atomic mass is 16.2. The lowest BCUT2D eigenvalue weighted by Gasteiger charge is -2.05. The predicted molar refractivity (Wildman–Crippen MR) is 78.3 cm³/mol. The van der Waals surface area contributed by atoms with Crippen LogP contribution in [0.15, 0.2) is 6.20 Å². The van der Waals surface area contributed by atoms with Gasteiger partial charge in [-0.25, -0.2) is 4.68 Å². The summed E-state index contributed by atoms with van der Waals surface area (Å²) in [6, 6.07) is 0. The molecule has 8 nitrogen and oxygen atoms in total. The fraction of sp³-hybridized carbons (Fsp3) is 0.692. The molecule has 0 spiro atoms. The zero-order chi connectivity index (χ0) is 15.7. The monoisotopic (exact) mass is 296 g/mol. The van der Waals surface area contributed by atoms with Gasteiger partial charge in [0.25, 0.3) is 0 Å². The Balaban J connectivity index is 2.23.